The zero-order valence-corrected chi connectivity index (χ0v) is 42.2. The number of fused-ring (bicyclic) bond motifs is 2. The molecule has 0 bridgehead atoms. The molecule has 2 unspecified atom stereocenters. The van der Waals surface area contributed by atoms with Crippen LogP contribution in [0.1, 0.15) is 102 Å². The second-order valence-corrected chi connectivity index (χ2v) is 19.7. The Morgan fingerprint density at radius 1 is 0.779 bits per heavy atom. The van der Waals surface area contributed by atoms with Crippen LogP contribution in [0.4, 0.5) is 11.4 Å². The molecule has 1 saturated heterocycles. The van der Waals surface area contributed by atoms with Gasteiger partial charge in [0, 0.05) is 94.8 Å². The number of nitrogens with one attached hydrogen (secondary N) is 1. The molecule has 16 nitrogen and oxygen atoms in total. The summed E-state index contributed by atoms with van der Waals surface area (Å²) < 4.78 is 65.7. The summed E-state index contributed by atoms with van der Waals surface area (Å²) in [6, 6.07) is 12.0. The normalized spacial score (nSPS) is 19.9. The second kappa shape index (κ2) is 26.6. The molecule has 2 aromatic rings. The van der Waals surface area contributed by atoms with Gasteiger partial charge in [0.25, 0.3) is 11.8 Å². The summed E-state index contributed by atoms with van der Waals surface area (Å²) in [5, 5.41) is 0.610. The van der Waals surface area contributed by atoms with Crippen molar-refractivity contribution in [3.05, 3.63) is 77.0 Å². The van der Waals surface area contributed by atoms with E-state index >= 15 is 0 Å². The smallest absolute Gasteiger partial charge is 0.333 e. The van der Waals surface area contributed by atoms with Crippen molar-refractivity contribution in [3.63, 3.8) is 0 Å². The van der Waals surface area contributed by atoms with Gasteiger partial charge in [-0.25, -0.2) is 17.9 Å². The van der Waals surface area contributed by atoms with Gasteiger partial charge in [0.15, 0.2) is 12.3 Å². The standard InChI is InChI=1S/C51H75N4O12S/c1-8-9-26-53-43-19-17-39(2)37-41(43)50(3,23-12-10-11-16-49(58)67-55-47(56)21-22-48(55)57)45(53)14-13-15-46-51(4,24-28-64-34-31-61-5)42-38-40(68(59,60)52-25-29-65-35-32-62-6)18-20-44(42)54(46)27-30-66-36-33-63-7/h13-15,17-20,37-38,52H,8-12,16,21-36H2,1-7H3/q+1. The number of amides is 2. The first-order chi connectivity index (χ1) is 32.7. The summed E-state index contributed by atoms with van der Waals surface area (Å²) in [5.74, 6) is -1.55. The number of anilines is 1. The van der Waals surface area contributed by atoms with Gasteiger partial charge in [0.1, 0.15) is 6.61 Å². The number of ether oxygens (including phenoxy) is 6. The fraction of sp³-hybridized carbons (Fsp3) is 0.608. The quantitative estimate of drug-likeness (QED) is 0.0474. The number of nitrogens with zero attached hydrogens (tertiary/aromatic N) is 3. The number of imide groups is 1. The van der Waals surface area contributed by atoms with Gasteiger partial charge >= 0.3 is 5.97 Å². The van der Waals surface area contributed by atoms with Crippen LogP contribution in [0.15, 0.2) is 65.2 Å². The maximum absolute atomic E-state index is 13.8. The van der Waals surface area contributed by atoms with Crippen LogP contribution in [0.25, 0.3) is 0 Å². The summed E-state index contributed by atoms with van der Waals surface area (Å²) in [5.41, 5.74) is 6.52. The van der Waals surface area contributed by atoms with E-state index in [1.54, 1.807) is 33.5 Å². The fourth-order valence-corrected chi connectivity index (χ4v) is 10.2. The predicted molar refractivity (Wildman–Crippen MR) is 260 cm³/mol. The molecule has 0 spiro atoms. The summed E-state index contributed by atoms with van der Waals surface area (Å²) >= 11 is 0. The van der Waals surface area contributed by atoms with E-state index in [9.17, 15) is 22.8 Å². The van der Waals surface area contributed by atoms with Crippen molar-refractivity contribution in [1.29, 1.82) is 0 Å². The number of unbranched alkanes of at least 4 members (excludes halogenated alkanes) is 3. The topological polar surface area (TPSA) is 171 Å². The Kier molecular flexibility index (Phi) is 21.4. The number of aryl methyl sites for hydroxylation is 1. The number of sulfonamides is 1. The maximum Gasteiger partial charge on any atom is 0.333 e. The van der Waals surface area contributed by atoms with E-state index in [4.69, 9.17) is 33.3 Å². The molecular weight excluding hydrogens is 893 g/mol. The Morgan fingerprint density at radius 3 is 2.13 bits per heavy atom. The summed E-state index contributed by atoms with van der Waals surface area (Å²) in [6.07, 6.45) is 12.3. The number of carbonyl (C=O) groups excluding carboxylic acids is 3. The monoisotopic (exact) mass is 968 g/mol. The molecule has 2 atom stereocenters. The lowest BCUT2D eigenvalue weighted by Gasteiger charge is -2.30. The fourth-order valence-electron chi connectivity index (χ4n) is 9.15. The highest BCUT2D eigenvalue weighted by atomic mass is 32.2. The molecular formula is C51H75N4O12S+. The number of hydrogen-bond acceptors (Lipinski definition) is 13. The highest BCUT2D eigenvalue weighted by molar-refractivity contribution is 7.89. The van der Waals surface area contributed by atoms with E-state index in [1.807, 2.05) is 6.07 Å². The lowest BCUT2D eigenvalue weighted by molar-refractivity contribution is -0.442. The van der Waals surface area contributed by atoms with Crippen LogP contribution in [-0.2, 0) is 68.5 Å². The minimum absolute atomic E-state index is 0.0594. The van der Waals surface area contributed by atoms with E-state index in [-0.39, 0.29) is 42.7 Å². The summed E-state index contributed by atoms with van der Waals surface area (Å²) in [7, 11) is 0.982. The Labute approximate surface area is 403 Å². The van der Waals surface area contributed by atoms with E-state index in [1.165, 1.54) is 22.5 Å². The van der Waals surface area contributed by atoms with Crippen LogP contribution in [0.2, 0.25) is 0 Å². The van der Waals surface area contributed by atoms with Crippen LogP contribution in [0.3, 0.4) is 0 Å². The van der Waals surface area contributed by atoms with Crippen LogP contribution in [-0.4, -0.2) is 142 Å². The lowest BCUT2D eigenvalue weighted by Crippen LogP contribution is -2.34. The molecule has 2 aromatic carbocycles. The van der Waals surface area contributed by atoms with Gasteiger partial charge in [-0.2, -0.15) is 4.58 Å². The van der Waals surface area contributed by atoms with E-state index in [2.05, 4.69) is 78.3 Å². The number of hydrogen-bond donors (Lipinski definition) is 1. The Hall–Kier alpha value is -4.33. The summed E-state index contributed by atoms with van der Waals surface area (Å²) in [6.45, 7) is 13.9. The molecule has 5 rings (SSSR count). The molecule has 3 aliphatic heterocycles. The number of benzene rings is 2. The first-order valence-electron chi connectivity index (χ1n) is 24.1. The first kappa shape index (κ1) is 54.6. The van der Waals surface area contributed by atoms with Crippen molar-refractivity contribution in [3.8, 4) is 0 Å². The van der Waals surface area contributed by atoms with E-state index in [0.29, 0.717) is 77.3 Å². The minimum atomic E-state index is -3.89. The third kappa shape index (κ3) is 13.9. The number of methoxy groups -OCH3 is 3. The molecule has 1 fully saturated rings. The zero-order chi connectivity index (χ0) is 49.2. The molecule has 0 radical (unpaired) electrons. The molecule has 3 heterocycles. The molecule has 17 heteroatoms. The first-order valence-corrected chi connectivity index (χ1v) is 25.6. The zero-order valence-electron chi connectivity index (χ0n) is 41.4. The molecule has 0 saturated carbocycles. The molecule has 376 valence electrons. The average molecular weight is 968 g/mol. The van der Waals surface area contributed by atoms with Crippen LogP contribution >= 0.6 is 0 Å². The van der Waals surface area contributed by atoms with Crippen LogP contribution < -0.4 is 9.62 Å². The Balaban J connectivity index is 1.49. The van der Waals surface area contributed by atoms with E-state index < -0.39 is 33.2 Å². The number of carbonyl (C=O) groups is 3. The largest absolute Gasteiger partial charge is 0.382 e. The molecule has 68 heavy (non-hydrogen) atoms. The van der Waals surface area contributed by atoms with Gasteiger partial charge in [-0.15, -0.1) is 5.06 Å². The summed E-state index contributed by atoms with van der Waals surface area (Å²) in [4.78, 5) is 44.3. The van der Waals surface area contributed by atoms with Gasteiger partial charge in [-0.3, -0.25) is 9.59 Å². The van der Waals surface area contributed by atoms with Crippen molar-refractivity contribution >= 4 is 44.9 Å². The third-order valence-corrected chi connectivity index (χ3v) is 14.4. The van der Waals surface area contributed by atoms with Gasteiger partial charge in [-0.05, 0) is 76.3 Å². The molecule has 1 N–H and O–H groups in total. The predicted octanol–water partition coefficient (Wildman–Crippen LogP) is 6.58. The van der Waals surface area contributed by atoms with Crippen LogP contribution in [0.5, 0.6) is 0 Å². The Morgan fingerprint density at radius 2 is 1.46 bits per heavy atom. The molecule has 2 amide bonds. The number of rotatable bonds is 32. The molecule has 0 aliphatic carbocycles. The SMILES string of the molecule is CCCCN1C(=CC=CC2=[N+](CCOCCOC)c3ccc(S(=O)(=O)NCCOCCOC)cc3C2(C)CCOCCOC)C(C)(CCCCCC(=O)ON2C(=O)CCC2=O)c2cc(C)ccc21. The second-order valence-electron chi connectivity index (χ2n) is 17.9. The average Bonchev–Trinajstić information content (AvgIpc) is 3.84. The highest BCUT2D eigenvalue weighted by Gasteiger charge is 2.48. The molecule has 0 aromatic heterocycles. The third-order valence-electron chi connectivity index (χ3n) is 13.0. The van der Waals surface area contributed by atoms with Crippen molar-refractivity contribution in [2.24, 2.45) is 0 Å². The lowest BCUT2D eigenvalue weighted by atomic mass is 9.76. The van der Waals surface area contributed by atoms with Crippen LogP contribution in [0, 0.1) is 6.92 Å². The van der Waals surface area contributed by atoms with Crippen molar-refractivity contribution in [2.45, 2.75) is 108 Å². The van der Waals surface area contributed by atoms with Crippen molar-refractivity contribution in [1.82, 2.24) is 9.79 Å². The van der Waals surface area contributed by atoms with Crippen molar-refractivity contribution in [2.75, 3.05) is 105 Å². The van der Waals surface area contributed by atoms with E-state index in [0.717, 1.165) is 55.6 Å². The van der Waals surface area contributed by atoms with Gasteiger partial charge < -0.3 is 38.2 Å². The number of allylic oxidation sites excluding steroid dienone is 4. The molecule has 3 aliphatic rings. The Bertz CT molecular complexity index is 2210. The minimum Gasteiger partial charge on any atom is -0.382 e. The maximum atomic E-state index is 13.8. The van der Waals surface area contributed by atoms with Gasteiger partial charge in [0.05, 0.1) is 56.6 Å². The van der Waals surface area contributed by atoms with Gasteiger partial charge in [0.2, 0.25) is 15.7 Å². The highest BCUT2D eigenvalue weighted by Crippen LogP contribution is 2.51. The van der Waals surface area contributed by atoms with Gasteiger partial charge in [-0.1, -0.05) is 50.0 Å². The van der Waals surface area contributed by atoms with Crippen molar-refractivity contribution < 1.29 is 60.6 Å². The number of hydroxylamine groups is 2.